The van der Waals surface area contributed by atoms with Gasteiger partial charge >= 0.3 is 0 Å². The van der Waals surface area contributed by atoms with Crippen molar-refractivity contribution in [3.8, 4) is 5.75 Å². The molecule has 41 heavy (non-hydrogen) atoms. The van der Waals surface area contributed by atoms with Gasteiger partial charge in [-0.15, -0.1) is 0 Å². The molecule has 4 rings (SSSR count). The highest BCUT2D eigenvalue weighted by Crippen LogP contribution is 2.35. The average molecular weight is 593 g/mol. The second-order valence-corrected chi connectivity index (χ2v) is 14.4. The van der Waals surface area contributed by atoms with Gasteiger partial charge in [-0.05, 0) is 88.4 Å². The second kappa shape index (κ2) is 13.5. The molecule has 0 amide bonds. The van der Waals surface area contributed by atoms with Crippen LogP contribution in [0.25, 0.3) is 0 Å². The van der Waals surface area contributed by atoms with Gasteiger partial charge in [-0.2, -0.15) is 0 Å². The molecular formula is C33H40N2O4S2. The Balaban J connectivity index is 0.000000352. The Kier molecular flexibility index (Phi) is 10.5. The quantitative estimate of drug-likeness (QED) is 0.170. The molecule has 0 aliphatic carbocycles. The van der Waals surface area contributed by atoms with Gasteiger partial charge in [-0.25, -0.2) is 8.42 Å². The van der Waals surface area contributed by atoms with Crippen LogP contribution in [-0.2, 0) is 21.0 Å². The molecular weight excluding hydrogens is 553 g/mol. The Morgan fingerprint density at radius 2 is 1.15 bits per heavy atom. The fraction of sp³-hybridized carbons (Fsp3) is 0.273. The summed E-state index contributed by atoms with van der Waals surface area (Å²) in [6, 6.07) is 32.0. The van der Waals surface area contributed by atoms with E-state index in [0.29, 0.717) is 0 Å². The predicted molar refractivity (Wildman–Crippen MR) is 170 cm³/mol. The van der Waals surface area contributed by atoms with E-state index < -0.39 is 10.1 Å². The topological polar surface area (TPSA) is 72.9 Å². The summed E-state index contributed by atoms with van der Waals surface area (Å²) >= 11 is 0. The van der Waals surface area contributed by atoms with Crippen LogP contribution in [0.1, 0.15) is 26.3 Å². The highest BCUT2D eigenvalue weighted by atomic mass is 32.2. The van der Waals surface area contributed by atoms with E-state index in [0.717, 1.165) is 11.3 Å². The number of nitrogens with zero attached hydrogens (tertiary/aromatic N) is 2. The molecule has 0 saturated heterocycles. The van der Waals surface area contributed by atoms with Crippen molar-refractivity contribution in [2.75, 3.05) is 38.0 Å². The van der Waals surface area contributed by atoms with Crippen LogP contribution in [0.5, 0.6) is 5.75 Å². The highest BCUT2D eigenvalue weighted by molar-refractivity contribution is 7.97. The van der Waals surface area contributed by atoms with Crippen molar-refractivity contribution >= 4 is 32.4 Å². The van der Waals surface area contributed by atoms with Crippen LogP contribution in [0.3, 0.4) is 0 Å². The Labute approximate surface area is 248 Å². The first kappa shape index (κ1) is 32.1. The number of aryl methyl sites for hydroxylation is 1. The Morgan fingerprint density at radius 1 is 0.683 bits per heavy atom. The molecule has 0 spiro atoms. The first-order valence-electron chi connectivity index (χ1n) is 13.2. The molecule has 0 aromatic heterocycles. The summed E-state index contributed by atoms with van der Waals surface area (Å²) < 4.78 is 37.2. The number of benzene rings is 4. The fourth-order valence-electron chi connectivity index (χ4n) is 3.89. The molecule has 0 N–H and O–H groups in total. The molecule has 4 aromatic rings. The number of rotatable bonds is 7. The molecule has 0 aliphatic rings. The van der Waals surface area contributed by atoms with Crippen LogP contribution in [0.4, 0.5) is 11.4 Å². The van der Waals surface area contributed by atoms with E-state index in [1.165, 1.54) is 38.2 Å². The van der Waals surface area contributed by atoms with Crippen molar-refractivity contribution < 1.29 is 17.7 Å². The molecule has 6 nitrogen and oxygen atoms in total. The zero-order valence-electron chi connectivity index (χ0n) is 25.1. The molecule has 0 aliphatic heterocycles. The molecule has 0 atom stereocenters. The third kappa shape index (κ3) is 9.56. The molecule has 0 fully saturated rings. The van der Waals surface area contributed by atoms with Crippen molar-refractivity contribution in [3.63, 3.8) is 0 Å². The molecule has 0 bridgehead atoms. The summed E-state index contributed by atoms with van der Waals surface area (Å²) in [5.41, 5.74) is 3.14. The maximum Gasteiger partial charge on any atom is 0.168 e. The van der Waals surface area contributed by atoms with E-state index >= 15 is 0 Å². The summed E-state index contributed by atoms with van der Waals surface area (Å²) in [5, 5.41) is 0. The Bertz CT molecular complexity index is 1480. The lowest BCUT2D eigenvalue weighted by Gasteiger charge is -2.21. The summed E-state index contributed by atoms with van der Waals surface area (Å²) in [6.45, 7) is 8.04. The average Bonchev–Trinajstić information content (AvgIpc) is 2.89. The zero-order valence-corrected chi connectivity index (χ0v) is 26.7. The van der Waals surface area contributed by atoms with Crippen molar-refractivity contribution in [1.29, 1.82) is 0 Å². The monoisotopic (exact) mass is 592 g/mol. The number of hydrogen-bond acceptors (Lipinski definition) is 6. The van der Waals surface area contributed by atoms with Crippen molar-refractivity contribution in [3.05, 3.63) is 103 Å². The summed E-state index contributed by atoms with van der Waals surface area (Å²) in [4.78, 5) is 8.03. The van der Waals surface area contributed by atoms with Crippen LogP contribution in [0.15, 0.2) is 117 Å². The number of hydrogen-bond donors (Lipinski definition) is 0. The smallest absolute Gasteiger partial charge is 0.168 e. The SMILES string of the molecule is CN(C)c1cccc([S+](c2ccc(OC(C)(C)C)cc2)c2cccc(N(C)C)c2)c1.Cc1ccc(S(=O)(=O)[O-])cc1. The summed E-state index contributed by atoms with van der Waals surface area (Å²) in [6.07, 6.45) is 0. The van der Waals surface area contributed by atoms with E-state index in [1.807, 2.05) is 6.92 Å². The van der Waals surface area contributed by atoms with Gasteiger partial charge in [0, 0.05) is 51.7 Å². The largest absolute Gasteiger partial charge is 0.744 e. The third-order valence-corrected chi connectivity index (χ3v) is 8.98. The van der Waals surface area contributed by atoms with E-state index in [-0.39, 0.29) is 21.4 Å². The zero-order chi connectivity index (χ0) is 30.4. The maximum absolute atomic E-state index is 10.4. The lowest BCUT2D eigenvalue weighted by atomic mass is 10.2. The minimum absolute atomic E-state index is 0.178. The third-order valence-electron chi connectivity index (χ3n) is 5.93. The van der Waals surface area contributed by atoms with Crippen molar-refractivity contribution in [2.24, 2.45) is 0 Å². The number of anilines is 2. The van der Waals surface area contributed by atoms with Crippen LogP contribution in [0, 0.1) is 6.92 Å². The van der Waals surface area contributed by atoms with Crippen LogP contribution in [0.2, 0.25) is 0 Å². The predicted octanol–water partition coefficient (Wildman–Crippen LogP) is 6.99. The van der Waals surface area contributed by atoms with E-state index in [4.69, 9.17) is 4.74 Å². The van der Waals surface area contributed by atoms with Crippen LogP contribution >= 0.6 is 0 Å². The first-order valence-corrected chi connectivity index (χ1v) is 15.9. The van der Waals surface area contributed by atoms with Gasteiger partial charge in [0.1, 0.15) is 21.5 Å². The van der Waals surface area contributed by atoms with Crippen molar-refractivity contribution in [1.82, 2.24) is 0 Å². The second-order valence-electron chi connectivity index (χ2n) is 11.0. The first-order chi connectivity index (χ1) is 19.1. The molecule has 0 radical (unpaired) electrons. The number of ether oxygens (including phenoxy) is 1. The van der Waals surface area contributed by atoms with Crippen LogP contribution < -0.4 is 14.5 Å². The molecule has 0 saturated carbocycles. The minimum Gasteiger partial charge on any atom is -0.744 e. The van der Waals surface area contributed by atoms with Gasteiger partial charge < -0.3 is 19.1 Å². The maximum atomic E-state index is 10.4. The molecule has 218 valence electrons. The minimum atomic E-state index is -4.27. The molecule has 0 unspecified atom stereocenters. The van der Waals surface area contributed by atoms with Gasteiger partial charge in [0.2, 0.25) is 0 Å². The fourth-order valence-corrected chi connectivity index (χ4v) is 6.49. The van der Waals surface area contributed by atoms with Crippen LogP contribution in [-0.4, -0.2) is 46.8 Å². The van der Waals surface area contributed by atoms with Gasteiger partial charge in [0.15, 0.2) is 14.7 Å². The molecule has 4 aromatic carbocycles. The van der Waals surface area contributed by atoms with Crippen molar-refractivity contribution in [2.45, 2.75) is 52.9 Å². The normalized spacial score (nSPS) is 11.5. The Hall–Kier alpha value is -3.46. The van der Waals surface area contributed by atoms with E-state index in [1.54, 1.807) is 12.1 Å². The van der Waals surface area contributed by atoms with E-state index in [2.05, 4.69) is 132 Å². The summed E-state index contributed by atoms with van der Waals surface area (Å²) in [5.74, 6) is 0.902. The molecule has 0 heterocycles. The van der Waals surface area contributed by atoms with Gasteiger partial charge in [-0.1, -0.05) is 29.8 Å². The van der Waals surface area contributed by atoms with E-state index in [9.17, 15) is 13.0 Å². The van der Waals surface area contributed by atoms with Gasteiger partial charge in [0.25, 0.3) is 0 Å². The Morgan fingerprint density at radius 3 is 1.54 bits per heavy atom. The molecule has 8 heteroatoms. The van der Waals surface area contributed by atoms with Gasteiger partial charge in [-0.3, -0.25) is 0 Å². The van der Waals surface area contributed by atoms with Gasteiger partial charge in [0.05, 0.1) is 15.8 Å². The highest BCUT2D eigenvalue weighted by Gasteiger charge is 2.30. The lowest BCUT2D eigenvalue weighted by Crippen LogP contribution is -2.22. The summed E-state index contributed by atoms with van der Waals surface area (Å²) in [7, 11) is 3.87. The lowest BCUT2D eigenvalue weighted by molar-refractivity contribution is 0.131. The standard InChI is InChI=1S/C26H33N2OS.C7H8O3S/c1-26(2,3)29-22-14-16-23(17-15-22)30(24-12-8-10-20(18-24)27(4)5)25-13-9-11-21(19-25)28(6)7;1-6-2-4-7(5-3-6)11(8,9)10/h8-19H,1-7H3;2-5H,1H3,(H,8,9,10)/q+1;/p-1.